The summed E-state index contributed by atoms with van der Waals surface area (Å²) in [6.07, 6.45) is 0.603. The average Bonchev–Trinajstić information content (AvgIpc) is 3.38. The van der Waals surface area contributed by atoms with E-state index < -0.39 is 5.25 Å². The molecule has 8 heteroatoms. The molecule has 0 N–H and O–H groups in total. The van der Waals surface area contributed by atoms with Crippen LogP contribution in [0.2, 0.25) is 0 Å². The van der Waals surface area contributed by atoms with Crippen molar-refractivity contribution in [3.05, 3.63) is 97.1 Å². The number of hydrogen-bond acceptors (Lipinski definition) is 7. The molecular weight excluding hydrogens is 532 g/mol. The van der Waals surface area contributed by atoms with Crippen molar-refractivity contribution in [2.75, 3.05) is 14.2 Å². The first-order chi connectivity index (χ1) is 20.1. The number of fused-ring (bicyclic) bond motifs is 3. The fourth-order valence-electron chi connectivity index (χ4n) is 4.99. The van der Waals surface area contributed by atoms with E-state index >= 15 is 0 Å². The number of hydrogen-bond donors (Lipinski definition) is 0. The van der Waals surface area contributed by atoms with Gasteiger partial charge in [0.2, 0.25) is 11.1 Å². The molecule has 1 atom stereocenters. The van der Waals surface area contributed by atoms with Crippen molar-refractivity contribution in [2.45, 2.75) is 23.8 Å². The van der Waals surface area contributed by atoms with Crippen LogP contribution in [0.1, 0.15) is 18.1 Å². The molecule has 0 amide bonds. The van der Waals surface area contributed by atoms with E-state index in [2.05, 4.69) is 22.3 Å². The third-order valence-electron chi connectivity index (χ3n) is 7.09. The molecule has 41 heavy (non-hydrogen) atoms. The molecule has 0 aliphatic carbocycles. The van der Waals surface area contributed by atoms with Crippen LogP contribution in [0.25, 0.3) is 44.3 Å². The first-order valence-corrected chi connectivity index (χ1v) is 14.2. The van der Waals surface area contributed by atoms with Gasteiger partial charge >= 0.3 is 0 Å². The van der Waals surface area contributed by atoms with E-state index in [1.807, 2.05) is 96.4 Å². The van der Waals surface area contributed by atoms with E-state index in [1.54, 1.807) is 14.2 Å². The number of nitrogens with zero attached hydrogens (tertiary/aromatic N) is 4. The zero-order valence-electron chi connectivity index (χ0n) is 22.9. The van der Waals surface area contributed by atoms with Gasteiger partial charge in [-0.05, 0) is 67.1 Å². The van der Waals surface area contributed by atoms with Gasteiger partial charge in [0.1, 0.15) is 22.9 Å². The van der Waals surface area contributed by atoms with Gasteiger partial charge in [0.25, 0.3) is 0 Å². The van der Waals surface area contributed by atoms with Crippen LogP contribution >= 0.6 is 11.8 Å². The second kappa shape index (κ2) is 11.4. The molecule has 0 aliphatic rings. The van der Waals surface area contributed by atoms with Gasteiger partial charge in [0, 0.05) is 21.9 Å². The number of carbonyl (C=O) groups excluding carboxylic acids is 1. The fraction of sp³-hybridized carbons (Fsp3) is 0.152. The minimum Gasteiger partial charge on any atom is -0.497 e. The lowest BCUT2D eigenvalue weighted by molar-refractivity contribution is 0.0919. The van der Waals surface area contributed by atoms with E-state index in [-0.39, 0.29) is 5.91 Å². The predicted octanol–water partition coefficient (Wildman–Crippen LogP) is 7.54. The number of thioether (sulfide) groups is 1. The third kappa shape index (κ3) is 5.02. The van der Waals surface area contributed by atoms with Crippen molar-refractivity contribution in [3.8, 4) is 34.0 Å². The monoisotopic (exact) mass is 560 g/mol. The molecule has 0 fully saturated rings. The third-order valence-corrected chi connectivity index (χ3v) is 8.29. The summed E-state index contributed by atoms with van der Waals surface area (Å²) in [5.41, 5.74) is 4.84. The highest BCUT2D eigenvalue weighted by Crippen LogP contribution is 2.35. The highest BCUT2D eigenvalue weighted by atomic mass is 32.2. The smallest absolute Gasteiger partial charge is 0.245 e. The maximum Gasteiger partial charge on any atom is 0.245 e. The maximum absolute atomic E-state index is 14.1. The van der Waals surface area contributed by atoms with Crippen molar-refractivity contribution in [1.29, 1.82) is 0 Å². The molecule has 1 unspecified atom stereocenters. The van der Waals surface area contributed by atoms with Crippen molar-refractivity contribution in [1.82, 2.24) is 19.7 Å². The molecule has 6 aromatic rings. The van der Waals surface area contributed by atoms with Crippen LogP contribution in [-0.2, 0) is 0 Å². The molecule has 2 heterocycles. The molecule has 204 valence electrons. The lowest BCUT2D eigenvalue weighted by Crippen LogP contribution is -2.23. The number of ether oxygens (including phenoxy) is 2. The Morgan fingerprint density at radius 1 is 0.732 bits per heavy atom. The Morgan fingerprint density at radius 3 is 1.76 bits per heavy atom. The standard InChI is InChI=1S/C33H28N4O3S/c1-4-29(32(38)37-27-11-7-5-9-25(27)26-10-6-8-12-28(26)37)41-33-34-30(21-13-17-23(39-2)18-14-21)31(35-36-33)22-15-19-24(40-3)20-16-22/h5-20,29H,4H2,1-3H3. The lowest BCUT2D eigenvalue weighted by Gasteiger charge is -2.16. The van der Waals surface area contributed by atoms with E-state index in [4.69, 9.17) is 14.5 Å². The SMILES string of the molecule is CCC(Sc1nnc(-c2ccc(OC)cc2)c(-c2ccc(OC)cc2)n1)C(=O)n1c2ccccc2c2ccccc21. The highest BCUT2D eigenvalue weighted by Gasteiger charge is 2.26. The molecule has 4 aromatic carbocycles. The number of rotatable bonds is 8. The molecule has 0 bridgehead atoms. The number of benzene rings is 4. The van der Waals surface area contributed by atoms with Crippen molar-refractivity contribution < 1.29 is 14.3 Å². The van der Waals surface area contributed by atoms with Gasteiger partial charge in [-0.3, -0.25) is 9.36 Å². The quantitative estimate of drug-likeness (QED) is 0.178. The molecule has 0 saturated carbocycles. The Balaban J connectivity index is 1.40. The highest BCUT2D eigenvalue weighted by molar-refractivity contribution is 8.00. The summed E-state index contributed by atoms with van der Waals surface area (Å²) in [7, 11) is 3.27. The summed E-state index contributed by atoms with van der Waals surface area (Å²) >= 11 is 1.34. The van der Waals surface area contributed by atoms with E-state index in [9.17, 15) is 4.79 Å². The normalized spacial score (nSPS) is 12.0. The maximum atomic E-state index is 14.1. The number of aromatic nitrogens is 4. The van der Waals surface area contributed by atoms with Gasteiger partial charge in [-0.15, -0.1) is 10.2 Å². The zero-order chi connectivity index (χ0) is 28.3. The molecule has 6 rings (SSSR count). The molecule has 7 nitrogen and oxygen atoms in total. The molecular formula is C33H28N4O3S. The van der Waals surface area contributed by atoms with Crippen LogP contribution in [0, 0.1) is 0 Å². The first-order valence-electron chi connectivity index (χ1n) is 13.3. The van der Waals surface area contributed by atoms with Gasteiger partial charge in [-0.1, -0.05) is 55.1 Å². The van der Waals surface area contributed by atoms with Crippen LogP contribution in [0.15, 0.2) is 102 Å². The minimum absolute atomic E-state index is 0.0104. The van der Waals surface area contributed by atoms with Gasteiger partial charge in [-0.2, -0.15) is 0 Å². The lowest BCUT2D eigenvalue weighted by atomic mass is 10.0. The number of methoxy groups -OCH3 is 2. The summed E-state index contributed by atoms with van der Waals surface area (Å²) in [6.45, 7) is 2.01. The van der Waals surface area contributed by atoms with Crippen LogP contribution in [0.4, 0.5) is 0 Å². The van der Waals surface area contributed by atoms with Gasteiger partial charge in [-0.25, -0.2) is 4.98 Å². The average molecular weight is 561 g/mol. The van der Waals surface area contributed by atoms with Crippen molar-refractivity contribution >= 4 is 39.5 Å². The predicted molar refractivity (Wildman–Crippen MR) is 164 cm³/mol. The van der Waals surface area contributed by atoms with Crippen LogP contribution in [0.5, 0.6) is 11.5 Å². The van der Waals surface area contributed by atoms with Gasteiger partial charge in [0.15, 0.2) is 0 Å². The Kier molecular flexibility index (Phi) is 7.39. The Labute approximate surface area is 242 Å². The van der Waals surface area contributed by atoms with Crippen molar-refractivity contribution in [2.24, 2.45) is 0 Å². The number of para-hydroxylation sites is 2. The van der Waals surface area contributed by atoms with Gasteiger partial charge < -0.3 is 9.47 Å². The van der Waals surface area contributed by atoms with E-state index in [0.29, 0.717) is 23.0 Å². The topological polar surface area (TPSA) is 79.1 Å². The van der Waals surface area contributed by atoms with Gasteiger partial charge in [0.05, 0.1) is 30.5 Å². The first kappa shape index (κ1) is 26.5. The Hall–Kier alpha value is -4.69. The molecule has 2 aromatic heterocycles. The molecule has 0 aliphatic heterocycles. The summed E-state index contributed by atoms with van der Waals surface area (Å²) in [5.74, 6) is 1.49. The molecule has 0 saturated heterocycles. The van der Waals surface area contributed by atoms with Crippen LogP contribution in [0.3, 0.4) is 0 Å². The summed E-state index contributed by atoms with van der Waals surface area (Å²) < 4.78 is 12.5. The largest absolute Gasteiger partial charge is 0.497 e. The minimum atomic E-state index is -0.411. The Morgan fingerprint density at radius 2 is 1.24 bits per heavy atom. The van der Waals surface area contributed by atoms with Crippen LogP contribution in [-0.4, -0.2) is 45.1 Å². The summed E-state index contributed by atoms with van der Waals surface area (Å²) in [4.78, 5) is 19.0. The van der Waals surface area contributed by atoms with E-state index in [1.165, 1.54) is 11.8 Å². The number of carbonyl (C=O) groups is 1. The zero-order valence-corrected chi connectivity index (χ0v) is 23.8. The summed E-state index contributed by atoms with van der Waals surface area (Å²) in [6, 6.07) is 31.4. The second-order valence-corrected chi connectivity index (χ2v) is 10.6. The molecule has 0 radical (unpaired) electrons. The second-order valence-electron chi connectivity index (χ2n) is 9.47. The van der Waals surface area contributed by atoms with Crippen LogP contribution < -0.4 is 9.47 Å². The fourth-order valence-corrected chi connectivity index (χ4v) is 5.85. The van der Waals surface area contributed by atoms with E-state index in [0.717, 1.165) is 44.4 Å². The summed E-state index contributed by atoms with van der Waals surface area (Å²) in [5, 5.41) is 11.2. The Bertz CT molecular complexity index is 1800. The molecule has 0 spiro atoms. The van der Waals surface area contributed by atoms with Crippen molar-refractivity contribution in [3.63, 3.8) is 0 Å².